The van der Waals surface area contributed by atoms with Crippen molar-refractivity contribution in [2.45, 2.75) is 18.7 Å². The summed E-state index contributed by atoms with van der Waals surface area (Å²) in [6.07, 6.45) is 1.29. The molecule has 0 aromatic heterocycles. The maximum absolute atomic E-state index is 13.2. The van der Waals surface area contributed by atoms with Gasteiger partial charge in [-0.1, -0.05) is 29.8 Å². The molecule has 0 radical (unpaired) electrons. The Labute approximate surface area is 178 Å². The number of nitro groups is 1. The van der Waals surface area contributed by atoms with E-state index in [-0.39, 0.29) is 10.6 Å². The first-order valence-corrected chi connectivity index (χ1v) is 10.6. The Morgan fingerprint density at radius 3 is 2.45 bits per heavy atom. The molecule has 31 heavy (non-hydrogen) atoms. The second-order valence-electron chi connectivity index (χ2n) is 6.78. The van der Waals surface area contributed by atoms with E-state index in [1.54, 1.807) is 25.1 Å². The highest BCUT2D eigenvalue weighted by atomic mass is 32.2. The first-order valence-electron chi connectivity index (χ1n) is 9.09. The van der Waals surface area contributed by atoms with Crippen LogP contribution in [0.4, 0.5) is 21.5 Å². The maximum atomic E-state index is 13.2. The van der Waals surface area contributed by atoms with Gasteiger partial charge in [0.2, 0.25) is 0 Å². The molecule has 0 amide bonds. The number of nitrogens with zero attached hydrogens (tertiary/aromatic N) is 2. The molecule has 8 nitrogen and oxygen atoms in total. The van der Waals surface area contributed by atoms with Crippen molar-refractivity contribution in [3.8, 4) is 0 Å². The zero-order chi connectivity index (χ0) is 22.6. The lowest BCUT2D eigenvalue weighted by atomic mass is 10.1. The lowest BCUT2D eigenvalue weighted by Gasteiger charge is -2.12. The highest BCUT2D eigenvalue weighted by Crippen LogP contribution is 2.29. The minimum absolute atomic E-state index is 0.0110. The Hall–Kier alpha value is -3.79. The van der Waals surface area contributed by atoms with Crippen LogP contribution < -0.4 is 10.1 Å². The van der Waals surface area contributed by atoms with E-state index in [0.717, 1.165) is 17.2 Å². The third-order valence-electron chi connectivity index (χ3n) is 4.35. The Morgan fingerprint density at radius 2 is 1.77 bits per heavy atom. The van der Waals surface area contributed by atoms with Crippen molar-refractivity contribution in [1.29, 1.82) is 0 Å². The summed E-state index contributed by atoms with van der Waals surface area (Å²) in [4.78, 5) is 10.5. The van der Waals surface area contributed by atoms with Gasteiger partial charge in [0.1, 0.15) is 11.5 Å². The number of sulfonamides is 1. The van der Waals surface area contributed by atoms with Crippen LogP contribution in [0.15, 0.2) is 70.7 Å². The Bertz CT molecular complexity index is 1280. The number of anilines is 2. The number of nitro benzene ring substituents is 1. The zero-order valence-corrected chi connectivity index (χ0v) is 17.5. The van der Waals surface area contributed by atoms with Gasteiger partial charge in [-0.05, 0) is 55.3 Å². The highest BCUT2D eigenvalue weighted by molar-refractivity contribution is 7.92. The fraction of sp³-hybridized carbons (Fsp3) is 0.0952. The molecule has 160 valence electrons. The van der Waals surface area contributed by atoms with Crippen LogP contribution >= 0.6 is 0 Å². The van der Waals surface area contributed by atoms with Crippen molar-refractivity contribution in [1.82, 2.24) is 0 Å². The first kappa shape index (κ1) is 21.9. The van der Waals surface area contributed by atoms with Crippen LogP contribution in [-0.4, -0.2) is 19.6 Å². The van der Waals surface area contributed by atoms with Crippen LogP contribution in [0.2, 0.25) is 0 Å². The average molecular weight is 442 g/mol. The van der Waals surface area contributed by atoms with E-state index < -0.39 is 26.5 Å². The minimum atomic E-state index is -4.05. The topological polar surface area (TPSA) is 114 Å². The number of hydrazone groups is 1. The SMILES string of the molecule is Cc1ccc(NS(=O)(=O)c2ccc(N/N=C/c3cccc(F)c3)c([N+](=O)[O-])c2)c(C)c1. The van der Waals surface area contributed by atoms with Gasteiger partial charge in [0.25, 0.3) is 15.7 Å². The Balaban J connectivity index is 1.86. The van der Waals surface area contributed by atoms with Crippen LogP contribution in [0.1, 0.15) is 16.7 Å². The summed E-state index contributed by atoms with van der Waals surface area (Å²) in [5.74, 6) is -0.444. The average Bonchev–Trinajstić information content (AvgIpc) is 2.70. The number of halogens is 1. The molecule has 0 aliphatic heterocycles. The van der Waals surface area contributed by atoms with Gasteiger partial charge in [0, 0.05) is 6.07 Å². The van der Waals surface area contributed by atoms with E-state index in [0.29, 0.717) is 11.3 Å². The van der Waals surface area contributed by atoms with Crippen molar-refractivity contribution in [2.75, 3.05) is 10.1 Å². The molecule has 0 fully saturated rings. The predicted molar refractivity (Wildman–Crippen MR) is 117 cm³/mol. The standard InChI is InChI=1S/C21H19FN4O4S/c1-14-6-8-19(15(2)10-14)25-31(29,30)18-7-9-20(21(12-18)26(27)28)24-23-13-16-4-3-5-17(22)11-16/h3-13,24-25H,1-2H3/b23-13+. The molecular weight excluding hydrogens is 423 g/mol. The summed E-state index contributed by atoms with van der Waals surface area (Å²) in [6.45, 7) is 3.65. The largest absolute Gasteiger partial charge is 0.295 e. The van der Waals surface area contributed by atoms with Gasteiger partial charge in [-0.25, -0.2) is 12.8 Å². The van der Waals surface area contributed by atoms with Crippen molar-refractivity contribution in [3.05, 3.63) is 93.3 Å². The summed E-state index contributed by atoms with van der Waals surface area (Å²) in [6, 6.07) is 14.3. The number of hydrogen-bond donors (Lipinski definition) is 2. The first-order chi connectivity index (χ1) is 14.7. The number of rotatable bonds is 7. The minimum Gasteiger partial charge on any atom is -0.279 e. The summed E-state index contributed by atoms with van der Waals surface area (Å²) in [7, 11) is -4.05. The number of hydrogen-bond acceptors (Lipinski definition) is 6. The van der Waals surface area contributed by atoms with Crippen LogP contribution in [-0.2, 0) is 10.0 Å². The van der Waals surface area contributed by atoms with E-state index in [1.165, 1.54) is 36.5 Å². The molecule has 0 heterocycles. The predicted octanol–water partition coefficient (Wildman–Crippen LogP) is 4.60. The monoisotopic (exact) mass is 442 g/mol. The van der Waals surface area contributed by atoms with Crippen molar-refractivity contribution < 1.29 is 17.7 Å². The van der Waals surface area contributed by atoms with E-state index in [2.05, 4.69) is 15.2 Å². The Kier molecular flexibility index (Phi) is 6.30. The summed E-state index contributed by atoms with van der Waals surface area (Å²) >= 11 is 0. The normalized spacial score (nSPS) is 11.5. The Morgan fingerprint density at radius 1 is 1.03 bits per heavy atom. The molecule has 0 saturated heterocycles. The smallest absolute Gasteiger partial charge is 0.279 e. The summed E-state index contributed by atoms with van der Waals surface area (Å²) in [5, 5.41) is 15.3. The van der Waals surface area contributed by atoms with Gasteiger partial charge >= 0.3 is 0 Å². The third kappa shape index (κ3) is 5.43. The van der Waals surface area contributed by atoms with Gasteiger partial charge in [0.05, 0.1) is 21.7 Å². The summed E-state index contributed by atoms with van der Waals surface area (Å²) in [5.41, 5.74) is 4.55. The molecule has 0 unspecified atom stereocenters. The van der Waals surface area contributed by atoms with Gasteiger partial charge in [-0.15, -0.1) is 0 Å². The fourth-order valence-electron chi connectivity index (χ4n) is 2.82. The lowest BCUT2D eigenvalue weighted by Crippen LogP contribution is -2.14. The molecule has 2 N–H and O–H groups in total. The molecule has 0 bridgehead atoms. The quantitative estimate of drug-likeness (QED) is 0.315. The van der Waals surface area contributed by atoms with E-state index in [1.807, 2.05) is 13.0 Å². The second-order valence-corrected chi connectivity index (χ2v) is 8.47. The molecule has 3 aromatic carbocycles. The number of aryl methyl sites for hydroxylation is 2. The molecule has 0 saturated carbocycles. The third-order valence-corrected chi connectivity index (χ3v) is 5.71. The van der Waals surface area contributed by atoms with Crippen LogP contribution in [0, 0.1) is 29.8 Å². The van der Waals surface area contributed by atoms with E-state index in [9.17, 15) is 22.9 Å². The molecule has 10 heteroatoms. The van der Waals surface area contributed by atoms with Crippen LogP contribution in [0.5, 0.6) is 0 Å². The van der Waals surface area contributed by atoms with Gasteiger partial charge in [0.15, 0.2) is 0 Å². The van der Waals surface area contributed by atoms with Gasteiger partial charge in [-0.3, -0.25) is 20.3 Å². The molecular formula is C21H19FN4O4S. The van der Waals surface area contributed by atoms with E-state index in [4.69, 9.17) is 0 Å². The van der Waals surface area contributed by atoms with Crippen LogP contribution in [0.3, 0.4) is 0 Å². The van der Waals surface area contributed by atoms with Crippen LogP contribution in [0.25, 0.3) is 0 Å². The molecule has 0 aliphatic rings. The second kappa shape index (κ2) is 8.92. The van der Waals surface area contributed by atoms with Crippen molar-refractivity contribution in [2.24, 2.45) is 5.10 Å². The highest BCUT2D eigenvalue weighted by Gasteiger charge is 2.22. The van der Waals surface area contributed by atoms with Crippen molar-refractivity contribution in [3.63, 3.8) is 0 Å². The van der Waals surface area contributed by atoms with Gasteiger partial charge < -0.3 is 0 Å². The molecule has 0 atom stereocenters. The fourth-order valence-corrected chi connectivity index (χ4v) is 3.97. The summed E-state index contributed by atoms with van der Waals surface area (Å²) < 4.78 is 41.1. The van der Waals surface area contributed by atoms with Gasteiger partial charge in [-0.2, -0.15) is 5.10 Å². The molecule has 0 spiro atoms. The molecule has 3 rings (SSSR count). The molecule has 3 aromatic rings. The zero-order valence-electron chi connectivity index (χ0n) is 16.7. The number of nitrogens with one attached hydrogen (secondary N) is 2. The lowest BCUT2D eigenvalue weighted by molar-refractivity contribution is -0.384. The van der Waals surface area contributed by atoms with E-state index >= 15 is 0 Å². The maximum Gasteiger partial charge on any atom is 0.295 e. The number of benzene rings is 3. The molecule has 0 aliphatic carbocycles. The van der Waals surface area contributed by atoms with Crippen molar-refractivity contribution >= 4 is 33.3 Å².